The number of pyridine rings is 2. The van der Waals surface area contributed by atoms with Gasteiger partial charge in [-0.2, -0.15) is 0 Å². The van der Waals surface area contributed by atoms with Crippen LogP contribution in [0.15, 0.2) is 55.0 Å². The molecule has 1 aliphatic heterocycles. The second-order valence-electron chi connectivity index (χ2n) is 8.34. The Hall–Kier alpha value is -3.55. The van der Waals surface area contributed by atoms with Crippen LogP contribution in [0, 0.1) is 0 Å². The van der Waals surface area contributed by atoms with Crippen molar-refractivity contribution in [3.05, 3.63) is 66.1 Å². The number of amides is 3. The van der Waals surface area contributed by atoms with E-state index in [1.54, 1.807) is 12.4 Å². The minimum atomic E-state index is -0.0872. The van der Waals surface area contributed by atoms with Crippen LogP contribution >= 0.6 is 0 Å². The molecule has 4 heterocycles. The van der Waals surface area contributed by atoms with Gasteiger partial charge in [-0.1, -0.05) is 0 Å². The smallest absolute Gasteiger partial charge is 0.317 e. The number of fused-ring (bicyclic) bond motifs is 1. The third-order valence-electron chi connectivity index (χ3n) is 5.64. The number of carbonyl (C=O) groups excluding carboxylic acids is 2. The number of hydrogen-bond acceptors (Lipinski definition) is 4. The number of nitrogens with one attached hydrogen (secondary N) is 2. The highest BCUT2D eigenvalue weighted by atomic mass is 16.2. The van der Waals surface area contributed by atoms with Crippen LogP contribution in [-0.4, -0.2) is 65.0 Å². The lowest BCUT2D eigenvalue weighted by atomic mass is 10.2. The van der Waals surface area contributed by atoms with Crippen LogP contribution in [0.5, 0.6) is 0 Å². The summed E-state index contributed by atoms with van der Waals surface area (Å²) in [7, 11) is 0. The third kappa shape index (κ3) is 5.01. The molecule has 8 heteroatoms. The number of hydrogen-bond donors (Lipinski definition) is 2. The summed E-state index contributed by atoms with van der Waals surface area (Å²) in [5.74, 6) is 0.950. The van der Waals surface area contributed by atoms with Gasteiger partial charge < -0.3 is 24.8 Å². The van der Waals surface area contributed by atoms with E-state index in [0.717, 1.165) is 36.4 Å². The Morgan fingerprint density at radius 3 is 2.44 bits per heavy atom. The minimum Gasteiger partial charge on any atom is -0.354 e. The van der Waals surface area contributed by atoms with Crippen LogP contribution in [0.1, 0.15) is 29.8 Å². The molecule has 8 nitrogen and oxygen atoms in total. The summed E-state index contributed by atoms with van der Waals surface area (Å²) in [6.45, 7) is 7.34. The van der Waals surface area contributed by atoms with E-state index in [1.807, 2.05) is 49.2 Å². The van der Waals surface area contributed by atoms with Crippen molar-refractivity contribution in [3.8, 4) is 0 Å². The van der Waals surface area contributed by atoms with E-state index in [-0.39, 0.29) is 18.0 Å². The van der Waals surface area contributed by atoms with E-state index in [2.05, 4.69) is 37.1 Å². The van der Waals surface area contributed by atoms with Crippen LogP contribution in [0.25, 0.3) is 5.52 Å². The average molecular weight is 435 g/mol. The van der Waals surface area contributed by atoms with Gasteiger partial charge in [-0.05, 0) is 62.2 Å². The zero-order chi connectivity index (χ0) is 22.5. The van der Waals surface area contributed by atoms with Crippen LogP contribution in [0.2, 0.25) is 0 Å². The monoisotopic (exact) mass is 434 g/mol. The van der Waals surface area contributed by atoms with Gasteiger partial charge in [-0.3, -0.25) is 9.78 Å². The second-order valence-corrected chi connectivity index (χ2v) is 8.34. The molecular weight excluding hydrogens is 404 g/mol. The van der Waals surface area contributed by atoms with Crippen LogP contribution in [-0.2, 0) is 6.42 Å². The van der Waals surface area contributed by atoms with Gasteiger partial charge in [0.15, 0.2) is 0 Å². The Kier molecular flexibility index (Phi) is 6.58. The topological polar surface area (TPSA) is 82.0 Å². The molecule has 0 unspecified atom stereocenters. The first-order valence-electron chi connectivity index (χ1n) is 11.1. The van der Waals surface area contributed by atoms with Crippen molar-refractivity contribution in [1.82, 2.24) is 24.9 Å². The van der Waals surface area contributed by atoms with E-state index < -0.39 is 0 Å². The van der Waals surface area contributed by atoms with Crippen molar-refractivity contribution in [2.75, 3.05) is 37.6 Å². The molecule has 0 atom stereocenters. The van der Waals surface area contributed by atoms with Gasteiger partial charge in [0.2, 0.25) is 0 Å². The van der Waals surface area contributed by atoms with Gasteiger partial charge in [-0.25, -0.2) is 4.79 Å². The molecule has 1 saturated heterocycles. The molecule has 3 amide bonds. The highest BCUT2D eigenvalue weighted by molar-refractivity contribution is 5.94. The van der Waals surface area contributed by atoms with Gasteiger partial charge in [0.25, 0.3) is 5.91 Å². The quantitative estimate of drug-likeness (QED) is 0.625. The maximum Gasteiger partial charge on any atom is 0.317 e. The summed E-state index contributed by atoms with van der Waals surface area (Å²) in [6.07, 6.45) is 6.18. The zero-order valence-corrected chi connectivity index (χ0v) is 18.6. The fourth-order valence-corrected chi connectivity index (χ4v) is 3.93. The van der Waals surface area contributed by atoms with E-state index in [0.29, 0.717) is 25.2 Å². The van der Waals surface area contributed by atoms with Crippen molar-refractivity contribution in [2.45, 2.75) is 26.3 Å². The number of rotatable bonds is 6. The highest BCUT2D eigenvalue weighted by Gasteiger charge is 2.23. The van der Waals surface area contributed by atoms with Gasteiger partial charge >= 0.3 is 6.03 Å². The van der Waals surface area contributed by atoms with E-state index in [9.17, 15) is 9.59 Å². The first kappa shape index (κ1) is 21.7. The maximum absolute atomic E-state index is 12.7. The average Bonchev–Trinajstić information content (AvgIpc) is 3.22. The first-order chi connectivity index (χ1) is 15.5. The number of piperazine rings is 1. The Morgan fingerprint density at radius 2 is 1.72 bits per heavy atom. The fraction of sp³-hybridized carbons (Fsp3) is 0.375. The molecule has 32 heavy (non-hydrogen) atoms. The first-order valence-corrected chi connectivity index (χ1v) is 11.1. The van der Waals surface area contributed by atoms with Gasteiger partial charge in [0, 0.05) is 62.9 Å². The van der Waals surface area contributed by atoms with Crippen molar-refractivity contribution >= 4 is 23.3 Å². The number of nitrogens with zero attached hydrogens (tertiary/aromatic N) is 4. The third-order valence-corrected chi connectivity index (χ3v) is 5.64. The van der Waals surface area contributed by atoms with E-state index >= 15 is 0 Å². The van der Waals surface area contributed by atoms with Crippen molar-refractivity contribution in [2.24, 2.45) is 0 Å². The molecule has 0 bridgehead atoms. The molecule has 0 saturated carbocycles. The van der Waals surface area contributed by atoms with Crippen LogP contribution in [0.4, 0.5) is 10.6 Å². The number of anilines is 1. The molecule has 2 N–H and O–H groups in total. The highest BCUT2D eigenvalue weighted by Crippen LogP contribution is 2.22. The second kappa shape index (κ2) is 9.72. The van der Waals surface area contributed by atoms with Gasteiger partial charge in [0.1, 0.15) is 5.82 Å². The van der Waals surface area contributed by atoms with E-state index in [4.69, 9.17) is 0 Å². The summed E-state index contributed by atoms with van der Waals surface area (Å²) < 4.78 is 2.06. The van der Waals surface area contributed by atoms with Crippen molar-refractivity contribution in [3.63, 3.8) is 0 Å². The molecular formula is C24H30N6O2. The van der Waals surface area contributed by atoms with Gasteiger partial charge in [0.05, 0.1) is 5.56 Å². The number of aromatic nitrogens is 2. The summed E-state index contributed by atoms with van der Waals surface area (Å²) in [6, 6.07) is 12.0. The molecule has 0 radical (unpaired) electrons. The standard InChI is InChI=1S/C24H30N6O2/c1-18(2)27-24(32)29-15-13-28(14-16-29)22-6-5-21-4-3-20(17-30(21)22)23(31)26-12-9-19-7-10-25-11-8-19/h3-8,10-11,17-18H,9,12-16H2,1-2H3,(H,26,31)(H,27,32). The fourth-order valence-electron chi connectivity index (χ4n) is 3.93. The number of carbonyl (C=O) groups is 2. The normalized spacial score (nSPS) is 14.1. The molecule has 4 rings (SSSR count). The lowest BCUT2D eigenvalue weighted by molar-refractivity contribution is 0.0953. The molecule has 3 aromatic heterocycles. The Labute approximate surface area is 188 Å². The zero-order valence-electron chi connectivity index (χ0n) is 18.6. The minimum absolute atomic E-state index is 0.00890. The molecule has 168 valence electrons. The molecule has 1 aliphatic rings. The van der Waals surface area contributed by atoms with Crippen LogP contribution in [0.3, 0.4) is 0 Å². The maximum atomic E-state index is 12.7. The lowest BCUT2D eigenvalue weighted by Gasteiger charge is -2.36. The lowest BCUT2D eigenvalue weighted by Crippen LogP contribution is -2.53. The van der Waals surface area contributed by atoms with Crippen molar-refractivity contribution in [1.29, 1.82) is 0 Å². The number of urea groups is 1. The molecule has 0 aliphatic carbocycles. The molecule has 3 aromatic rings. The van der Waals surface area contributed by atoms with Gasteiger partial charge in [-0.15, -0.1) is 0 Å². The summed E-state index contributed by atoms with van der Waals surface area (Å²) in [4.78, 5) is 33.1. The Balaban J connectivity index is 1.39. The largest absolute Gasteiger partial charge is 0.354 e. The predicted octanol–water partition coefficient (Wildman–Crippen LogP) is 2.55. The van der Waals surface area contributed by atoms with Crippen LogP contribution < -0.4 is 15.5 Å². The summed E-state index contributed by atoms with van der Waals surface area (Å²) in [5.41, 5.74) is 2.80. The molecule has 1 fully saturated rings. The Bertz CT molecular complexity index is 1070. The molecule has 0 spiro atoms. The summed E-state index contributed by atoms with van der Waals surface area (Å²) >= 11 is 0. The molecule has 0 aromatic carbocycles. The predicted molar refractivity (Wildman–Crippen MR) is 125 cm³/mol. The van der Waals surface area contributed by atoms with Crippen molar-refractivity contribution < 1.29 is 9.59 Å². The van der Waals surface area contributed by atoms with E-state index in [1.165, 1.54) is 0 Å². The SMILES string of the molecule is CC(C)NC(=O)N1CCN(c2ccc3ccc(C(=O)NCCc4ccncc4)cn23)CC1. The summed E-state index contributed by atoms with van der Waals surface area (Å²) in [5, 5.41) is 5.95. The Morgan fingerprint density at radius 1 is 1.00 bits per heavy atom.